The fraction of sp³-hybridized carbons (Fsp3) is 0.357. The minimum atomic E-state index is -0.766. The van der Waals surface area contributed by atoms with Gasteiger partial charge in [0.15, 0.2) is 0 Å². The van der Waals surface area contributed by atoms with Crippen LogP contribution in [0.1, 0.15) is 18.5 Å². The smallest absolute Gasteiger partial charge is 0.320 e. The van der Waals surface area contributed by atoms with Gasteiger partial charge in [0.25, 0.3) is 0 Å². The van der Waals surface area contributed by atoms with Crippen LogP contribution in [0.25, 0.3) is 5.69 Å². The van der Waals surface area contributed by atoms with Gasteiger partial charge in [-0.15, -0.1) is 17.5 Å². The number of hydrogen-bond acceptors (Lipinski definition) is 4. The molecule has 0 unspecified atom stereocenters. The van der Waals surface area contributed by atoms with Crippen molar-refractivity contribution in [2.45, 2.75) is 25.4 Å². The highest BCUT2D eigenvalue weighted by molar-refractivity contribution is 6.30. The third kappa shape index (κ3) is 3.58. The van der Waals surface area contributed by atoms with Gasteiger partial charge in [-0.1, -0.05) is 16.8 Å². The van der Waals surface area contributed by atoms with Crippen LogP contribution in [-0.4, -0.2) is 43.6 Å². The largest absolute Gasteiger partial charge is 0.480 e. The van der Waals surface area contributed by atoms with Gasteiger partial charge in [0, 0.05) is 11.6 Å². The zero-order valence-corrected chi connectivity index (χ0v) is 13.3. The first-order chi connectivity index (χ1) is 10.1. The summed E-state index contributed by atoms with van der Waals surface area (Å²) in [7, 11) is 0. The van der Waals surface area contributed by atoms with Gasteiger partial charge in [-0.25, -0.2) is 4.68 Å². The maximum atomic E-state index is 11.2. The Morgan fingerprint density at radius 2 is 2.09 bits per heavy atom. The van der Waals surface area contributed by atoms with Crippen molar-refractivity contribution in [1.29, 1.82) is 0 Å². The molecule has 0 radical (unpaired) electrons. The Morgan fingerprint density at radius 3 is 2.77 bits per heavy atom. The summed E-state index contributed by atoms with van der Waals surface area (Å²) in [5.74, 6) is -0.766. The number of benzene rings is 1. The number of nitrogens with zero attached hydrogens (tertiary/aromatic N) is 4. The third-order valence-corrected chi connectivity index (χ3v) is 3.90. The van der Waals surface area contributed by atoms with Crippen molar-refractivity contribution in [2.24, 2.45) is 0 Å². The minimum absolute atomic E-state index is 0. The maximum Gasteiger partial charge on any atom is 0.320 e. The zero-order chi connectivity index (χ0) is 14.8. The van der Waals surface area contributed by atoms with Crippen LogP contribution in [0.4, 0.5) is 0 Å². The third-order valence-electron chi connectivity index (χ3n) is 3.65. The predicted molar refractivity (Wildman–Crippen MR) is 84.7 cm³/mol. The van der Waals surface area contributed by atoms with Crippen molar-refractivity contribution >= 4 is 30.0 Å². The van der Waals surface area contributed by atoms with Gasteiger partial charge in [0.2, 0.25) is 0 Å². The normalized spacial score (nSPS) is 18.1. The first-order valence-corrected chi connectivity index (χ1v) is 7.15. The van der Waals surface area contributed by atoms with Crippen LogP contribution in [0.2, 0.25) is 5.02 Å². The number of carboxylic acids is 1. The molecule has 0 bridgehead atoms. The SMILES string of the molecule is Cl.O=C(O)[C@H]1CCCN1Cc1cn(-c2ccc(Cl)cc2)nn1. The van der Waals surface area contributed by atoms with Gasteiger partial charge < -0.3 is 5.11 Å². The van der Waals surface area contributed by atoms with Gasteiger partial charge in [-0.3, -0.25) is 9.69 Å². The Morgan fingerprint density at radius 1 is 1.36 bits per heavy atom. The molecule has 8 heteroatoms. The molecule has 6 nitrogen and oxygen atoms in total. The molecule has 1 N–H and O–H groups in total. The van der Waals surface area contributed by atoms with Crippen LogP contribution in [0, 0.1) is 0 Å². The standard InChI is InChI=1S/C14H15ClN4O2.ClH/c15-10-3-5-12(6-4-10)19-9-11(16-17-19)8-18-7-1-2-13(18)14(20)21;/h3-6,9,13H,1-2,7-8H2,(H,20,21);1H/t13-;/m1./s1. The molecular weight excluding hydrogens is 327 g/mol. The van der Waals surface area contributed by atoms with Crippen molar-refractivity contribution in [1.82, 2.24) is 19.9 Å². The van der Waals surface area contributed by atoms with Gasteiger partial charge in [-0.2, -0.15) is 0 Å². The average molecular weight is 343 g/mol. The van der Waals surface area contributed by atoms with E-state index in [4.69, 9.17) is 11.6 Å². The second kappa shape index (κ2) is 7.09. The lowest BCUT2D eigenvalue weighted by atomic mass is 10.2. The molecule has 2 aromatic rings. The minimum Gasteiger partial charge on any atom is -0.480 e. The molecule has 22 heavy (non-hydrogen) atoms. The van der Waals surface area contributed by atoms with E-state index in [1.807, 2.05) is 23.2 Å². The number of halogens is 2. The number of likely N-dealkylation sites (tertiary alicyclic amines) is 1. The lowest BCUT2D eigenvalue weighted by Crippen LogP contribution is -2.35. The van der Waals surface area contributed by atoms with Crippen LogP contribution in [-0.2, 0) is 11.3 Å². The molecule has 1 aliphatic heterocycles. The van der Waals surface area contributed by atoms with Crippen LogP contribution >= 0.6 is 24.0 Å². The summed E-state index contributed by atoms with van der Waals surface area (Å²) in [5, 5.41) is 18.0. The zero-order valence-electron chi connectivity index (χ0n) is 11.7. The first-order valence-electron chi connectivity index (χ1n) is 6.77. The number of hydrogen-bond donors (Lipinski definition) is 1. The second-order valence-corrected chi connectivity index (χ2v) is 5.53. The van der Waals surface area contributed by atoms with E-state index in [0.29, 0.717) is 18.0 Å². The highest BCUT2D eigenvalue weighted by atomic mass is 35.5. The number of carboxylic acid groups (broad SMARTS) is 1. The maximum absolute atomic E-state index is 11.2. The lowest BCUT2D eigenvalue weighted by molar-refractivity contribution is -0.142. The highest BCUT2D eigenvalue weighted by Crippen LogP contribution is 2.20. The average Bonchev–Trinajstić information content (AvgIpc) is 3.09. The van der Waals surface area contributed by atoms with Crippen LogP contribution in [0.15, 0.2) is 30.5 Å². The van der Waals surface area contributed by atoms with E-state index in [9.17, 15) is 9.90 Å². The number of aromatic nitrogens is 3. The number of carbonyl (C=O) groups is 1. The molecule has 1 fully saturated rings. The first kappa shape index (κ1) is 16.7. The fourth-order valence-electron chi connectivity index (χ4n) is 2.59. The molecule has 1 saturated heterocycles. The quantitative estimate of drug-likeness (QED) is 0.923. The van der Waals surface area contributed by atoms with Crippen LogP contribution in [0.5, 0.6) is 0 Å². The van der Waals surface area contributed by atoms with Crippen LogP contribution in [0.3, 0.4) is 0 Å². The number of aliphatic carboxylic acids is 1. The molecule has 1 atom stereocenters. The van der Waals surface area contributed by atoms with E-state index in [2.05, 4.69) is 10.3 Å². The molecule has 0 spiro atoms. The van der Waals surface area contributed by atoms with Gasteiger partial charge in [-0.05, 0) is 43.7 Å². The molecular formula is C14H16Cl2N4O2. The summed E-state index contributed by atoms with van der Waals surface area (Å²) in [6.07, 6.45) is 3.42. The van der Waals surface area contributed by atoms with Gasteiger partial charge in [0.1, 0.15) is 6.04 Å². The molecule has 0 aliphatic carbocycles. The Labute approximate surface area is 139 Å². The summed E-state index contributed by atoms with van der Waals surface area (Å²) >= 11 is 5.86. The van der Waals surface area contributed by atoms with Crippen molar-refractivity contribution in [3.05, 3.63) is 41.2 Å². The van der Waals surface area contributed by atoms with E-state index in [1.54, 1.807) is 16.8 Å². The van der Waals surface area contributed by atoms with Crippen molar-refractivity contribution in [3.8, 4) is 5.69 Å². The molecule has 1 aliphatic rings. The fourth-order valence-corrected chi connectivity index (χ4v) is 2.72. The van der Waals surface area contributed by atoms with Crippen molar-refractivity contribution in [2.75, 3.05) is 6.54 Å². The molecule has 0 saturated carbocycles. The van der Waals surface area contributed by atoms with Crippen molar-refractivity contribution in [3.63, 3.8) is 0 Å². The monoisotopic (exact) mass is 342 g/mol. The molecule has 1 aromatic carbocycles. The van der Waals surface area contributed by atoms with E-state index in [1.165, 1.54) is 0 Å². The van der Waals surface area contributed by atoms with E-state index in [0.717, 1.165) is 24.3 Å². The van der Waals surface area contributed by atoms with E-state index in [-0.39, 0.29) is 12.4 Å². The van der Waals surface area contributed by atoms with Crippen LogP contribution < -0.4 is 0 Å². The summed E-state index contributed by atoms with van der Waals surface area (Å²) in [5.41, 5.74) is 1.63. The van der Waals surface area contributed by atoms with Crippen molar-refractivity contribution < 1.29 is 9.90 Å². The highest BCUT2D eigenvalue weighted by Gasteiger charge is 2.30. The summed E-state index contributed by atoms with van der Waals surface area (Å²) in [6, 6.07) is 6.89. The topological polar surface area (TPSA) is 71.2 Å². The Kier molecular flexibility index (Phi) is 5.39. The molecule has 1 aromatic heterocycles. The molecule has 3 rings (SSSR count). The summed E-state index contributed by atoms with van der Waals surface area (Å²) in [6.45, 7) is 1.29. The Balaban J connectivity index is 0.00000176. The summed E-state index contributed by atoms with van der Waals surface area (Å²) in [4.78, 5) is 13.1. The van der Waals surface area contributed by atoms with E-state index < -0.39 is 12.0 Å². The lowest BCUT2D eigenvalue weighted by Gasteiger charge is -2.19. The molecule has 2 heterocycles. The van der Waals surface area contributed by atoms with Gasteiger partial charge >= 0.3 is 5.97 Å². The second-order valence-electron chi connectivity index (χ2n) is 5.10. The summed E-state index contributed by atoms with van der Waals surface area (Å²) < 4.78 is 1.66. The Hall–Kier alpha value is -1.63. The molecule has 118 valence electrons. The Bertz CT molecular complexity index is 645. The predicted octanol–water partition coefficient (Wildman–Crippen LogP) is 2.39. The molecule has 0 amide bonds. The number of rotatable bonds is 4. The van der Waals surface area contributed by atoms with E-state index >= 15 is 0 Å². The van der Waals surface area contributed by atoms with Gasteiger partial charge in [0.05, 0.1) is 17.6 Å².